The summed E-state index contributed by atoms with van der Waals surface area (Å²) in [6, 6.07) is 37.6. The standard InChI is InChI=1S/C30H18N2/c1-3-10-26-20(6-1)24-16-18(12-14-27(24)31-26)19-13-15-29-25(17-19)23-9-5-8-22-21-7-2-4-11-28(21)32(29)30(22)23/h1-17,31H. The fourth-order valence-electron chi connectivity index (χ4n) is 5.64. The van der Waals surface area contributed by atoms with Gasteiger partial charge < -0.3 is 9.38 Å². The Kier molecular flexibility index (Phi) is 2.91. The Morgan fingerprint density at radius 3 is 1.97 bits per heavy atom. The second kappa shape index (κ2) is 5.68. The molecule has 3 heterocycles. The van der Waals surface area contributed by atoms with Crippen LogP contribution >= 0.6 is 0 Å². The molecule has 0 radical (unpaired) electrons. The van der Waals surface area contributed by atoms with Gasteiger partial charge in [-0.1, -0.05) is 66.7 Å². The maximum absolute atomic E-state index is 3.53. The predicted octanol–water partition coefficient (Wildman–Crippen LogP) is 8.14. The quantitative estimate of drug-likeness (QED) is 0.284. The molecule has 8 aromatic rings. The van der Waals surface area contributed by atoms with Crippen LogP contribution in [0.4, 0.5) is 0 Å². The van der Waals surface area contributed by atoms with E-state index in [9.17, 15) is 0 Å². The summed E-state index contributed by atoms with van der Waals surface area (Å²) in [4.78, 5) is 3.53. The van der Waals surface area contributed by atoms with Crippen LogP contribution in [-0.4, -0.2) is 9.38 Å². The van der Waals surface area contributed by atoms with Gasteiger partial charge in [0.2, 0.25) is 0 Å². The Balaban J connectivity index is 1.44. The fourth-order valence-corrected chi connectivity index (χ4v) is 5.64. The van der Waals surface area contributed by atoms with Crippen molar-refractivity contribution < 1.29 is 0 Å². The van der Waals surface area contributed by atoms with Crippen molar-refractivity contribution in [3.63, 3.8) is 0 Å². The normalized spacial score (nSPS) is 12.4. The zero-order chi connectivity index (χ0) is 20.8. The molecule has 0 aliphatic carbocycles. The molecule has 5 aromatic carbocycles. The van der Waals surface area contributed by atoms with Gasteiger partial charge in [-0.05, 0) is 47.5 Å². The van der Waals surface area contributed by atoms with Gasteiger partial charge in [-0.2, -0.15) is 0 Å². The van der Waals surface area contributed by atoms with Crippen molar-refractivity contribution in [2.24, 2.45) is 0 Å². The maximum Gasteiger partial charge on any atom is 0.0620 e. The second-order valence-corrected chi connectivity index (χ2v) is 8.72. The lowest BCUT2D eigenvalue weighted by atomic mass is 10.00. The average molecular weight is 406 g/mol. The Morgan fingerprint density at radius 1 is 0.438 bits per heavy atom. The molecule has 1 N–H and O–H groups in total. The van der Waals surface area contributed by atoms with Crippen molar-refractivity contribution in [3.05, 3.63) is 103 Å². The van der Waals surface area contributed by atoms with E-state index in [1.54, 1.807) is 0 Å². The van der Waals surface area contributed by atoms with Crippen LogP contribution in [0.1, 0.15) is 0 Å². The Bertz CT molecular complexity index is 1980. The van der Waals surface area contributed by atoms with E-state index < -0.39 is 0 Å². The summed E-state index contributed by atoms with van der Waals surface area (Å²) >= 11 is 0. The first-order valence-electron chi connectivity index (χ1n) is 11.0. The van der Waals surface area contributed by atoms with Gasteiger partial charge in [0.1, 0.15) is 0 Å². The minimum Gasteiger partial charge on any atom is -0.355 e. The summed E-state index contributed by atoms with van der Waals surface area (Å²) in [7, 11) is 0. The summed E-state index contributed by atoms with van der Waals surface area (Å²) < 4.78 is 2.43. The van der Waals surface area contributed by atoms with E-state index in [-0.39, 0.29) is 0 Å². The zero-order valence-corrected chi connectivity index (χ0v) is 17.3. The molecule has 0 amide bonds. The lowest BCUT2D eigenvalue weighted by Gasteiger charge is -2.04. The first-order chi connectivity index (χ1) is 15.9. The number of fused-ring (bicyclic) bond motifs is 9. The summed E-state index contributed by atoms with van der Waals surface area (Å²) in [6.45, 7) is 0. The second-order valence-electron chi connectivity index (χ2n) is 8.72. The molecule has 0 fully saturated rings. The number of aromatic amines is 1. The van der Waals surface area contributed by atoms with E-state index in [1.165, 1.54) is 71.0 Å². The van der Waals surface area contributed by atoms with Crippen molar-refractivity contribution in [2.45, 2.75) is 0 Å². The average Bonchev–Trinajstić information content (AvgIpc) is 3.50. The van der Waals surface area contributed by atoms with Crippen LogP contribution in [0, 0.1) is 0 Å². The molecule has 0 saturated heterocycles. The van der Waals surface area contributed by atoms with Crippen molar-refractivity contribution >= 4 is 59.9 Å². The van der Waals surface area contributed by atoms with Gasteiger partial charge in [0.05, 0.1) is 16.6 Å². The van der Waals surface area contributed by atoms with E-state index in [2.05, 4.69) is 113 Å². The van der Waals surface area contributed by atoms with Crippen molar-refractivity contribution in [1.29, 1.82) is 0 Å². The highest BCUT2D eigenvalue weighted by molar-refractivity contribution is 6.23. The van der Waals surface area contributed by atoms with Gasteiger partial charge in [0.15, 0.2) is 0 Å². The highest BCUT2D eigenvalue weighted by Crippen LogP contribution is 2.40. The highest BCUT2D eigenvalue weighted by Gasteiger charge is 2.17. The molecule has 32 heavy (non-hydrogen) atoms. The first-order valence-corrected chi connectivity index (χ1v) is 11.0. The maximum atomic E-state index is 3.53. The van der Waals surface area contributed by atoms with E-state index in [4.69, 9.17) is 0 Å². The monoisotopic (exact) mass is 406 g/mol. The molecule has 148 valence electrons. The number of aromatic nitrogens is 2. The molecular weight excluding hydrogens is 388 g/mol. The molecule has 0 bridgehead atoms. The zero-order valence-electron chi connectivity index (χ0n) is 17.3. The SMILES string of the molecule is c1ccc2c(c1)[nH]c1ccc(-c3ccc4c(c3)c3cccc5c6ccccc6n4c53)cc12. The molecule has 2 heteroatoms. The molecule has 2 nitrogen and oxygen atoms in total. The third kappa shape index (κ3) is 1.95. The van der Waals surface area contributed by atoms with E-state index in [0.717, 1.165) is 0 Å². The molecule has 0 spiro atoms. The van der Waals surface area contributed by atoms with Crippen LogP contribution in [0.25, 0.3) is 71.0 Å². The highest BCUT2D eigenvalue weighted by atomic mass is 14.9. The number of benzene rings is 5. The van der Waals surface area contributed by atoms with Crippen molar-refractivity contribution in [2.75, 3.05) is 0 Å². The summed E-state index contributed by atoms with van der Waals surface area (Å²) in [5, 5.41) is 7.84. The first kappa shape index (κ1) is 16.4. The van der Waals surface area contributed by atoms with Crippen LogP contribution in [0.15, 0.2) is 103 Å². The smallest absolute Gasteiger partial charge is 0.0620 e. The number of para-hydroxylation sites is 3. The number of rotatable bonds is 1. The van der Waals surface area contributed by atoms with Crippen molar-refractivity contribution in [1.82, 2.24) is 9.38 Å². The third-order valence-corrected chi connectivity index (χ3v) is 7.06. The number of H-pyrrole nitrogens is 1. The van der Waals surface area contributed by atoms with Crippen LogP contribution in [-0.2, 0) is 0 Å². The largest absolute Gasteiger partial charge is 0.355 e. The molecule has 0 aliphatic heterocycles. The molecule has 8 rings (SSSR count). The molecular formula is C30H18N2. The van der Waals surface area contributed by atoms with Crippen LogP contribution in [0.3, 0.4) is 0 Å². The molecule has 0 aliphatic rings. The number of nitrogens with zero attached hydrogens (tertiary/aromatic N) is 1. The number of hydrogen-bond acceptors (Lipinski definition) is 0. The summed E-state index contributed by atoms with van der Waals surface area (Å²) in [5.74, 6) is 0. The third-order valence-electron chi connectivity index (χ3n) is 7.06. The van der Waals surface area contributed by atoms with Gasteiger partial charge in [0, 0.05) is 43.4 Å². The van der Waals surface area contributed by atoms with Gasteiger partial charge in [-0.25, -0.2) is 0 Å². The predicted molar refractivity (Wildman–Crippen MR) is 136 cm³/mol. The summed E-state index contributed by atoms with van der Waals surface area (Å²) in [6.07, 6.45) is 0. The lowest BCUT2D eigenvalue weighted by molar-refractivity contribution is 1.37. The topological polar surface area (TPSA) is 20.2 Å². The number of hydrogen-bond donors (Lipinski definition) is 1. The minimum absolute atomic E-state index is 1.18. The van der Waals surface area contributed by atoms with Gasteiger partial charge in [-0.15, -0.1) is 0 Å². The molecule has 3 aromatic heterocycles. The Labute approximate surface area is 183 Å². The molecule has 0 saturated carbocycles. The fraction of sp³-hybridized carbons (Fsp3) is 0. The minimum atomic E-state index is 1.18. The van der Waals surface area contributed by atoms with Gasteiger partial charge in [-0.3, -0.25) is 0 Å². The van der Waals surface area contributed by atoms with E-state index in [1.807, 2.05) is 0 Å². The molecule has 0 atom stereocenters. The van der Waals surface area contributed by atoms with Crippen LogP contribution in [0.2, 0.25) is 0 Å². The van der Waals surface area contributed by atoms with Crippen LogP contribution < -0.4 is 0 Å². The van der Waals surface area contributed by atoms with Gasteiger partial charge in [0.25, 0.3) is 0 Å². The van der Waals surface area contributed by atoms with Gasteiger partial charge >= 0.3 is 0 Å². The lowest BCUT2D eigenvalue weighted by Crippen LogP contribution is -1.82. The Morgan fingerprint density at radius 2 is 1.06 bits per heavy atom. The van der Waals surface area contributed by atoms with Crippen molar-refractivity contribution in [3.8, 4) is 11.1 Å². The molecule has 0 unspecified atom stereocenters. The number of nitrogens with one attached hydrogen (secondary N) is 1. The van der Waals surface area contributed by atoms with E-state index in [0.29, 0.717) is 0 Å². The summed E-state index contributed by atoms with van der Waals surface area (Å²) in [5.41, 5.74) is 8.75. The van der Waals surface area contributed by atoms with E-state index >= 15 is 0 Å². The Hall–Kier alpha value is -4.30. The van der Waals surface area contributed by atoms with Crippen LogP contribution in [0.5, 0.6) is 0 Å².